The first-order valence-corrected chi connectivity index (χ1v) is 7.92. The summed E-state index contributed by atoms with van der Waals surface area (Å²) in [6.07, 6.45) is 0.989. The Morgan fingerprint density at radius 2 is 2.28 bits per heavy atom. The molecule has 1 saturated heterocycles. The van der Waals surface area contributed by atoms with Crippen LogP contribution in [0, 0.1) is 11.7 Å². The lowest BCUT2D eigenvalue weighted by molar-refractivity contribution is -0.0866. The molecule has 3 unspecified atom stereocenters. The molecule has 1 aliphatic rings. The molecular weight excluding hydrogens is 329 g/mol. The lowest BCUT2D eigenvalue weighted by atomic mass is 9.99. The van der Waals surface area contributed by atoms with Gasteiger partial charge in [-0.05, 0) is 37.6 Å². The summed E-state index contributed by atoms with van der Waals surface area (Å²) in [4.78, 5) is 25.0. The van der Waals surface area contributed by atoms with Crippen LogP contribution in [0.1, 0.15) is 23.7 Å². The lowest BCUT2D eigenvalue weighted by Crippen LogP contribution is -2.43. The molecule has 1 aromatic carbocycles. The van der Waals surface area contributed by atoms with E-state index in [0.717, 1.165) is 10.7 Å². The number of aliphatic hydroxyl groups excluding tert-OH is 1. The first-order chi connectivity index (χ1) is 12.0. The number of aromatic nitrogens is 2. The van der Waals surface area contributed by atoms with E-state index in [9.17, 15) is 19.1 Å². The van der Waals surface area contributed by atoms with Crippen molar-refractivity contribution in [2.45, 2.75) is 25.7 Å². The molecule has 1 aromatic heterocycles. The van der Waals surface area contributed by atoms with Gasteiger partial charge in [0.1, 0.15) is 11.4 Å². The van der Waals surface area contributed by atoms with Crippen LogP contribution in [0.25, 0.3) is 5.69 Å². The normalized spacial score (nSPS) is 21.1. The Hall–Kier alpha value is -2.58. The minimum atomic E-state index is -0.934. The predicted molar refractivity (Wildman–Crippen MR) is 86.8 cm³/mol. The van der Waals surface area contributed by atoms with Crippen LogP contribution < -0.4 is 10.9 Å². The van der Waals surface area contributed by atoms with E-state index in [1.165, 1.54) is 30.5 Å². The molecule has 1 aliphatic heterocycles. The quantitative estimate of drug-likeness (QED) is 0.855. The number of nitrogens with zero attached hydrogens (tertiary/aromatic N) is 2. The summed E-state index contributed by atoms with van der Waals surface area (Å²) in [5, 5.41) is 16.3. The highest BCUT2D eigenvalue weighted by Crippen LogP contribution is 2.22. The molecule has 0 saturated carbocycles. The second-order valence-electron chi connectivity index (χ2n) is 5.92. The third kappa shape index (κ3) is 3.59. The number of nitrogens with one attached hydrogen (secondary N) is 1. The fraction of sp³-hybridized carbons (Fsp3) is 0.353. The molecule has 0 spiro atoms. The molecule has 3 rings (SSSR count). The van der Waals surface area contributed by atoms with Crippen molar-refractivity contribution in [3.8, 4) is 5.69 Å². The number of halogens is 1. The molecule has 1 amide bonds. The van der Waals surface area contributed by atoms with E-state index in [-0.39, 0.29) is 23.2 Å². The first-order valence-electron chi connectivity index (χ1n) is 7.92. The molecule has 7 nitrogen and oxygen atoms in total. The molecule has 2 aromatic rings. The van der Waals surface area contributed by atoms with Crippen LogP contribution in [-0.2, 0) is 4.74 Å². The summed E-state index contributed by atoms with van der Waals surface area (Å²) < 4.78 is 19.4. The Morgan fingerprint density at radius 3 is 2.96 bits per heavy atom. The van der Waals surface area contributed by atoms with E-state index in [4.69, 9.17) is 4.74 Å². The Kier molecular flexibility index (Phi) is 4.91. The predicted octanol–water partition coefficient (Wildman–Crippen LogP) is 0.845. The van der Waals surface area contributed by atoms with E-state index < -0.39 is 23.6 Å². The molecular formula is C17H18FN3O4. The fourth-order valence-corrected chi connectivity index (χ4v) is 2.86. The second kappa shape index (κ2) is 7.12. The smallest absolute Gasteiger partial charge is 0.284 e. The van der Waals surface area contributed by atoms with Gasteiger partial charge in [0.15, 0.2) is 6.29 Å². The van der Waals surface area contributed by atoms with Crippen LogP contribution in [-0.4, -0.2) is 39.7 Å². The van der Waals surface area contributed by atoms with E-state index in [1.54, 1.807) is 6.92 Å². The summed E-state index contributed by atoms with van der Waals surface area (Å²) >= 11 is 0. The number of carbonyl (C=O) groups excluding carboxylic acids is 1. The summed E-state index contributed by atoms with van der Waals surface area (Å²) in [6.45, 7) is 2.17. The average Bonchev–Trinajstić information content (AvgIpc) is 3.01. The maximum atomic E-state index is 13.4. The number of amides is 1. The molecule has 3 atom stereocenters. The van der Waals surface area contributed by atoms with Crippen LogP contribution in [0.4, 0.5) is 4.39 Å². The largest absolute Gasteiger partial charge is 0.368 e. The molecule has 8 heteroatoms. The van der Waals surface area contributed by atoms with Crippen molar-refractivity contribution in [2.75, 3.05) is 6.61 Å². The van der Waals surface area contributed by atoms with Crippen LogP contribution >= 0.6 is 0 Å². The lowest BCUT2D eigenvalue weighted by Gasteiger charge is -2.22. The maximum absolute atomic E-state index is 13.4. The van der Waals surface area contributed by atoms with Gasteiger partial charge in [-0.1, -0.05) is 6.07 Å². The molecule has 1 fully saturated rings. The Balaban J connectivity index is 1.84. The zero-order valence-electron chi connectivity index (χ0n) is 13.6. The van der Waals surface area contributed by atoms with Gasteiger partial charge >= 0.3 is 0 Å². The molecule has 0 radical (unpaired) electrons. The van der Waals surface area contributed by atoms with Gasteiger partial charge in [-0.2, -0.15) is 9.78 Å². The number of hydrogen-bond acceptors (Lipinski definition) is 5. The van der Waals surface area contributed by atoms with Gasteiger partial charge in [0.05, 0.1) is 12.3 Å². The molecule has 132 valence electrons. The number of hydrogen-bond donors (Lipinski definition) is 2. The van der Waals surface area contributed by atoms with Gasteiger partial charge < -0.3 is 15.2 Å². The Bertz CT molecular complexity index is 839. The number of rotatable bonds is 4. The van der Waals surface area contributed by atoms with Gasteiger partial charge in [-0.25, -0.2) is 4.39 Å². The van der Waals surface area contributed by atoms with Crippen LogP contribution in [0.2, 0.25) is 0 Å². The van der Waals surface area contributed by atoms with Gasteiger partial charge in [-0.3, -0.25) is 9.59 Å². The molecule has 2 N–H and O–H groups in total. The summed E-state index contributed by atoms with van der Waals surface area (Å²) in [5.41, 5.74) is -0.534. The molecule has 2 heterocycles. The number of benzene rings is 1. The summed E-state index contributed by atoms with van der Waals surface area (Å²) in [6, 6.07) is 6.32. The molecule has 0 bridgehead atoms. The van der Waals surface area contributed by atoms with Gasteiger partial charge in [0, 0.05) is 18.2 Å². The van der Waals surface area contributed by atoms with Gasteiger partial charge in [0.25, 0.3) is 11.5 Å². The maximum Gasteiger partial charge on any atom is 0.284 e. The Labute approximate surface area is 143 Å². The van der Waals surface area contributed by atoms with Crippen LogP contribution in [0.3, 0.4) is 0 Å². The Morgan fingerprint density at radius 1 is 1.48 bits per heavy atom. The van der Waals surface area contributed by atoms with E-state index in [1.807, 2.05) is 0 Å². The third-order valence-electron chi connectivity index (χ3n) is 4.25. The van der Waals surface area contributed by atoms with Crippen LogP contribution in [0.15, 0.2) is 41.3 Å². The van der Waals surface area contributed by atoms with Crippen molar-refractivity contribution < 1.29 is 19.0 Å². The van der Waals surface area contributed by atoms with Crippen molar-refractivity contribution in [3.63, 3.8) is 0 Å². The van der Waals surface area contributed by atoms with E-state index >= 15 is 0 Å². The number of carbonyl (C=O) groups is 1. The average molecular weight is 347 g/mol. The first kappa shape index (κ1) is 17.2. The zero-order valence-corrected chi connectivity index (χ0v) is 13.6. The number of ether oxygens (including phenoxy) is 1. The highest BCUT2D eigenvalue weighted by atomic mass is 19.1. The highest BCUT2D eigenvalue weighted by molar-refractivity contribution is 5.94. The van der Waals surface area contributed by atoms with Crippen molar-refractivity contribution in [1.82, 2.24) is 15.1 Å². The molecule has 25 heavy (non-hydrogen) atoms. The van der Waals surface area contributed by atoms with Gasteiger partial charge in [0.2, 0.25) is 0 Å². The van der Waals surface area contributed by atoms with E-state index in [0.29, 0.717) is 13.0 Å². The fourth-order valence-electron chi connectivity index (χ4n) is 2.86. The summed E-state index contributed by atoms with van der Waals surface area (Å²) in [7, 11) is 0. The van der Waals surface area contributed by atoms with Crippen molar-refractivity contribution >= 4 is 5.91 Å². The standard InChI is InChI=1S/C17H18FN3O4/c1-10(13-6-8-25-17(13)24)20-15(22)14-5-7-19-21(16(14)23)12-4-2-3-11(18)9-12/h2-5,7,9-10,13,17,24H,6,8H2,1H3,(H,20,22). The number of aliphatic hydroxyl groups is 1. The van der Waals surface area contributed by atoms with Crippen LogP contribution in [0.5, 0.6) is 0 Å². The van der Waals surface area contributed by atoms with E-state index in [2.05, 4.69) is 10.4 Å². The van der Waals surface area contributed by atoms with Crippen molar-refractivity contribution in [2.24, 2.45) is 5.92 Å². The van der Waals surface area contributed by atoms with Crippen molar-refractivity contribution in [1.29, 1.82) is 0 Å². The topological polar surface area (TPSA) is 93.5 Å². The van der Waals surface area contributed by atoms with Crippen molar-refractivity contribution in [3.05, 3.63) is 58.3 Å². The van der Waals surface area contributed by atoms with Gasteiger partial charge in [-0.15, -0.1) is 0 Å². The minimum absolute atomic E-state index is 0.112. The highest BCUT2D eigenvalue weighted by Gasteiger charge is 2.32. The SMILES string of the molecule is CC(NC(=O)c1ccnn(-c2cccc(F)c2)c1=O)C1CCOC1O. The minimum Gasteiger partial charge on any atom is -0.368 e. The summed E-state index contributed by atoms with van der Waals surface area (Å²) in [5.74, 6) is -1.33. The second-order valence-corrected chi connectivity index (χ2v) is 5.92. The monoisotopic (exact) mass is 347 g/mol. The third-order valence-corrected chi connectivity index (χ3v) is 4.25. The zero-order chi connectivity index (χ0) is 18.0. The molecule has 0 aliphatic carbocycles.